The van der Waals surface area contributed by atoms with E-state index in [-0.39, 0.29) is 4.90 Å². The van der Waals surface area contributed by atoms with Crippen molar-refractivity contribution in [2.45, 2.75) is 11.8 Å². The van der Waals surface area contributed by atoms with Gasteiger partial charge < -0.3 is 10.2 Å². The topological polar surface area (TPSA) is 52.0 Å². The summed E-state index contributed by atoms with van der Waals surface area (Å²) in [7, 11) is 0. The second kappa shape index (κ2) is 8.71. The number of nitrogens with zero attached hydrogens (tertiary/aromatic N) is 1. The number of anilines is 1. The van der Waals surface area contributed by atoms with Gasteiger partial charge in [0, 0.05) is 16.1 Å². The first-order valence-electron chi connectivity index (χ1n) is 8.45. The first-order chi connectivity index (χ1) is 13.5. The van der Waals surface area contributed by atoms with Gasteiger partial charge >= 0.3 is 0 Å². The van der Waals surface area contributed by atoms with Crippen LogP contribution in [-0.4, -0.2) is 4.98 Å². The first kappa shape index (κ1) is 19.6. The van der Waals surface area contributed by atoms with Gasteiger partial charge in [0.1, 0.15) is 6.26 Å². The maximum atomic E-state index is 12.3. The summed E-state index contributed by atoms with van der Waals surface area (Å²) >= 11 is 3.65. The summed E-state index contributed by atoms with van der Waals surface area (Å²) in [6, 6.07) is 17.9. The third-order valence-electron chi connectivity index (χ3n) is 4.07. The number of thiol groups is 1. The van der Waals surface area contributed by atoms with E-state index in [1.54, 1.807) is 12.5 Å². The average molecular weight is 396 g/mol. The van der Waals surface area contributed by atoms with Crippen molar-refractivity contribution in [3.8, 4) is 22.6 Å². The lowest BCUT2D eigenvalue weighted by atomic mass is 9.98. The molecule has 3 aromatic carbocycles. The standard InChI is InChI=1S/C16H14N2O.C6H4F2S/c1-11-2-3-13(16-18-8-9-19-16)10-15(11)12-4-6-14(17)7-5-12;7-4-2-1-3-5(9)6(4)8/h2-10H,17H2,1H3;1-3,9H. The van der Waals surface area contributed by atoms with Crippen molar-refractivity contribution in [2.24, 2.45) is 0 Å². The Labute approximate surface area is 167 Å². The fourth-order valence-corrected chi connectivity index (χ4v) is 2.78. The van der Waals surface area contributed by atoms with Gasteiger partial charge in [0.05, 0.1) is 6.20 Å². The summed E-state index contributed by atoms with van der Waals surface area (Å²) in [5.41, 5.74) is 11.0. The number of nitrogens with two attached hydrogens (primary N) is 1. The lowest BCUT2D eigenvalue weighted by Gasteiger charge is -2.08. The molecule has 0 atom stereocenters. The molecule has 1 heterocycles. The number of aryl methyl sites for hydroxylation is 1. The molecule has 0 radical (unpaired) electrons. The van der Waals surface area contributed by atoms with Gasteiger partial charge in [-0.1, -0.05) is 24.3 Å². The summed E-state index contributed by atoms with van der Waals surface area (Å²) in [6.45, 7) is 2.09. The molecule has 0 spiro atoms. The molecule has 4 rings (SSSR count). The molecule has 4 aromatic rings. The van der Waals surface area contributed by atoms with Crippen LogP contribution in [0.4, 0.5) is 14.5 Å². The van der Waals surface area contributed by atoms with E-state index < -0.39 is 11.6 Å². The van der Waals surface area contributed by atoms with Crippen molar-refractivity contribution in [3.05, 3.63) is 90.3 Å². The molecule has 3 nitrogen and oxygen atoms in total. The molecule has 0 saturated heterocycles. The number of aromatic nitrogens is 1. The molecular formula is C22H18F2N2OS. The third kappa shape index (κ3) is 4.58. The van der Waals surface area contributed by atoms with Crippen LogP contribution in [-0.2, 0) is 0 Å². The molecule has 0 fully saturated rings. The maximum Gasteiger partial charge on any atom is 0.225 e. The monoisotopic (exact) mass is 396 g/mol. The molecular weight excluding hydrogens is 378 g/mol. The molecule has 0 aliphatic heterocycles. The molecule has 0 aliphatic carbocycles. The average Bonchev–Trinajstić information content (AvgIpc) is 3.23. The summed E-state index contributed by atoms with van der Waals surface area (Å²) in [5.74, 6) is -1.11. The minimum absolute atomic E-state index is 0.0370. The highest BCUT2D eigenvalue weighted by Crippen LogP contribution is 2.29. The highest BCUT2D eigenvalue weighted by molar-refractivity contribution is 7.80. The lowest BCUT2D eigenvalue weighted by molar-refractivity contribution is 0.492. The number of hydrogen-bond donors (Lipinski definition) is 2. The Kier molecular flexibility index (Phi) is 6.11. The minimum atomic E-state index is -0.888. The predicted octanol–water partition coefficient (Wildman–Crippen LogP) is 6.15. The molecule has 0 saturated carbocycles. The molecule has 1 aromatic heterocycles. The smallest absolute Gasteiger partial charge is 0.225 e. The van der Waals surface area contributed by atoms with E-state index in [2.05, 4.69) is 36.7 Å². The lowest BCUT2D eigenvalue weighted by Crippen LogP contribution is -1.88. The highest BCUT2D eigenvalue weighted by atomic mass is 32.1. The van der Waals surface area contributed by atoms with Crippen molar-refractivity contribution < 1.29 is 13.2 Å². The quantitative estimate of drug-likeness (QED) is 0.315. The van der Waals surface area contributed by atoms with Gasteiger partial charge in [-0.3, -0.25) is 0 Å². The van der Waals surface area contributed by atoms with E-state index in [4.69, 9.17) is 10.2 Å². The van der Waals surface area contributed by atoms with Crippen molar-refractivity contribution in [1.82, 2.24) is 4.98 Å². The van der Waals surface area contributed by atoms with Crippen LogP contribution < -0.4 is 5.73 Å². The molecule has 0 amide bonds. The van der Waals surface area contributed by atoms with E-state index in [1.807, 2.05) is 30.3 Å². The van der Waals surface area contributed by atoms with E-state index in [1.165, 1.54) is 17.7 Å². The van der Waals surface area contributed by atoms with Crippen molar-refractivity contribution in [3.63, 3.8) is 0 Å². The van der Waals surface area contributed by atoms with Crippen LogP contribution in [0.1, 0.15) is 5.56 Å². The van der Waals surface area contributed by atoms with Crippen LogP contribution in [0, 0.1) is 18.6 Å². The highest BCUT2D eigenvalue weighted by Gasteiger charge is 2.07. The number of halogens is 2. The minimum Gasteiger partial charge on any atom is -0.445 e. The van der Waals surface area contributed by atoms with Gasteiger partial charge in [0.2, 0.25) is 5.89 Å². The van der Waals surface area contributed by atoms with Crippen LogP contribution in [0.5, 0.6) is 0 Å². The molecule has 0 unspecified atom stereocenters. The van der Waals surface area contributed by atoms with E-state index >= 15 is 0 Å². The summed E-state index contributed by atoms with van der Waals surface area (Å²) in [6.07, 6.45) is 3.23. The van der Waals surface area contributed by atoms with E-state index in [0.717, 1.165) is 28.4 Å². The molecule has 28 heavy (non-hydrogen) atoms. The first-order valence-corrected chi connectivity index (χ1v) is 8.90. The van der Waals surface area contributed by atoms with Crippen molar-refractivity contribution in [1.29, 1.82) is 0 Å². The normalized spacial score (nSPS) is 10.3. The Morgan fingerprint density at radius 2 is 1.68 bits per heavy atom. The van der Waals surface area contributed by atoms with E-state index in [0.29, 0.717) is 5.89 Å². The number of oxazole rings is 1. The fraction of sp³-hybridized carbons (Fsp3) is 0.0455. The van der Waals surface area contributed by atoms with E-state index in [9.17, 15) is 8.78 Å². The van der Waals surface area contributed by atoms with Gasteiger partial charge in [0.25, 0.3) is 0 Å². The van der Waals surface area contributed by atoms with Gasteiger partial charge in [0.15, 0.2) is 11.6 Å². The molecule has 2 N–H and O–H groups in total. The maximum absolute atomic E-state index is 12.3. The zero-order chi connectivity index (χ0) is 20.1. The van der Waals surface area contributed by atoms with Crippen LogP contribution in [0.15, 0.2) is 82.4 Å². The third-order valence-corrected chi connectivity index (χ3v) is 4.42. The van der Waals surface area contributed by atoms with Crippen LogP contribution in [0.3, 0.4) is 0 Å². The Hall–Kier alpha value is -3.12. The van der Waals surface area contributed by atoms with Gasteiger partial charge in [-0.2, -0.15) is 0 Å². The summed E-state index contributed by atoms with van der Waals surface area (Å²) in [5, 5.41) is 0. The number of benzene rings is 3. The van der Waals surface area contributed by atoms with Crippen LogP contribution in [0.2, 0.25) is 0 Å². The second-order valence-corrected chi connectivity index (χ2v) is 6.54. The van der Waals surface area contributed by atoms with Crippen LogP contribution >= 0.6 is 12.6 Å². The zero-order valence-corrected chi connectivity index (χ0v) is 16.0. The fourth-order valence-electron chi connectivity index (χ4n) is 2.59. The number of rotatable bonds is 2. The predicted molar refractivity (Wildman–Crippen MR) is 110 cm³/mol. The van der Waals surface area contributed by atoms with Gasteiger partial charge in [-0.05, 0) is 60.0 Å². The number of nitrogen functional groups attached to an aromatic ring is 1. The van der Waals surface area contributed by atoms with Gasteiger partial charge in [-0.15, -0.1) is 12.6 Å². The Bertz CT molecular complexity index is 1040. The molecule has 142 valence electrons. The molecule has 0 bridgehead atoms. The summed E-state index contributed by atoms with van der Waals surface area (Å²) < 4.78 is 29.8. The molecule has 0 aliphatic rings. The Balaban J connectivity index is 0.000000211. The van der Waals surface area contributed by atoms with Crippen molar-refractivity contribution >= 4 is 18.3 Å². The Morgan fingerprint density at radius 3 is 2.29 bits per heavy atom. The zero-order valence-electron chi connectivity index (χ0n) is 15.1. The number of hydrogen-bond acceptors (Lipinski definition) is 4. The Morgan fingerprint density at radius 1 is 0.964 bits per heavy atom. The van der Waals surface area contributed by atoms with Crippen molar-refractivity contribution in [2.75, 3.05) is 5.73 Å². The second-order valence-electron chi connectivity index (χ2n) is 6.06. The summed E-state index contributed by atoms with van der Waals surface area (Å²) in [4.78, 5) is 4.22. The molecule has 6 heteroatoms. The largest absolute Gasteiger partial charge is 0.445 e. The van der Waals surface area contributed by atoms with Crippen LogP contribution in [0.25, 0.3) is 22.6 Å². The van der Waals surface area contributed by atoms with Gasteiger partial charge in [-0.25, -0.2) is 13.8 Å². The SMILES string of the molecule is Cc1ccc(-c2ncco2)cc1-c1ccc(N)cc1.Fc1cccc(S)c1F.